The Kier molecular flexibility index (Phi) is 6.42. The molecule has 0 aliphatic carbocycles. The number of likely N-dealkylation sites (tertiary alicyclic amines) is 1. The molecule has 6 heteroatoms. The maximum absolute atomic E-state index is 12.6. The van der Waals surface area contributed by atoms with E-state index in [0.29, 0.717) is 24.3 Å². The molecule has 3 rings (SSSR count). The number of anilines is 1. The van der Waals surface area contributed by atoms with Crippen molar-refractivity contribution in [3.63, 3.8) is 0 Å². The van der Waals surface area contributed by atoms with Gasteiger partial charge in [-0.15, -0.1) is 0 Å². The highest BCUT2D eigenvalue weighted by atomic mass is 16.5. The molecule has 2 aromatic carbocycles. The number of benzene rings is 2. The maximum Gasteiger partial charge on any atom is 0.339 e. The molecule has 1 fully saturated rings. The van der Waals surface area contributed by atoms with Crippen LogP contribution in [0.4, 0.5) is 5.69 Å². The molecule has 2 amide bonds. The Bertz CT molecular complexity index is 851. The van der Waals surface area contributed by atoms with Crippen LogP contribution in [0.5, 0.6) is 0 Å². The summed E-state index contributed by atoms with van der Waals surface area (Å²) in [5.74, 6) is -1.19. The predicted octanol–water partition coefficient (Wildman–Crippen LogP) is 2.89. The van der Waals surface area contributed by atoms with Crippen molar-refractivity contribution in [3.05, 3.63) is 65.7 Å². The third-order valence-corrected chi connectivity index (χ3v) is 4.91. The van der Waals surface area contributed by atoms with Gasteiger partial charge in [-0.1, -0.05) is 42.5 Å². The van der Waals surface area contributed by atoms with Crippen molar-refractivity contribution in [1.29, 1.82) is 0 Å². The lowest BCUT2D eigenvalue weighted by molar-refractivity contribution is -0.128. The second kappa shape index (κ2) is 9.17. The summed E-state index contributed by atoms with van der Waals surface area (Å²) in [7, 11) is 1.30. The molecule has 1 saturated heterocycles. The average Bonchev–Trinajstić information content (AvgIpc) is 3.09. The van der Waals surface area contributed by atoms with E-state index in [1.54, 1.807) is 29.2 Å². The molecule has 0 saturated carbocycles. The van der Waals surface area contributed by atoms with E-state index in [4.69, 9.17) is 4.74 Å². The fourth-order valence-electron chi connectivity index (χ4n) is 3.40. The number of esters is 1. The molecule has 1 N–H and O–H groups in total. The summed E-state index contributed by atoms with van der Waals surface area (Å²) in [4.78, 5) is 38.5. The highest BCUT2D eigenvalue weighted by Crippen LogP contribution is 2.22. The Balaban J connectivity index is 1.55. The molecule has 0 bridgehead atoms. The van der Waals surface area contributed by atoms with Crippen molar-refractivity contribution in [2.24, 2.45) is 5.92 Å². The molecular formula is C22H24N2O4. The first-order valence-electron chi connectivity index (χ1n) is 9.38. The lowest BCUT2D eigenvalue weighted by Crippen LogP contribution is -2.29. The van der Waals surface area contributed by atoms with Gasteiger partial charge in [-0.3, -0.25) is 9.59 Å². The van der Waals surface area contributed by atoms with Gasteiger partial charge in [0.15, 0.2) is 0 Å². The summed E-state index contributed by atoms with van der Waals surface area (Å²) in [6, 6.07) is 16.8. The highest BCUT2D eigenvalue weighted by molar-refractivity contribution is 6.03. The third kappa shape index (κ3) is 4.76. The summed E-state index contributed by atoms with van der Waals surface area (Å²) in [6.07, 6.45) is 1.95. The van der Waals surface area contributed by atoms with Crippen molar-refractivity contribution >= 4 is 23.5 Å². The monoisotopic (exact) mass is 380 g/mol. The van der Waals surface area contributed by atoms with Crippen molar-refractivity contribution in [2.75, 3.05) is 25.5 Å². The molecule has 1 atom stereocenters. The van der Waals surface area contributed by atoms with Gasteiger partial charge in [0.25, 0.3) is 0 Å². The Labute approximate surface area is 164 Å². The van der Waals surface area contributed by atoms with Crippen LogP contribution in [0.3, 0.4) is 0 Å². The van der Waals surface area contributed by atoms with Gasteiger partial charge in [-0.2, -0.15) is 0 Å². The van der Waals surface area contributed by atoms with Crippen molar-refractivity contribution in [2.45, 2.75) is 19.3 Å². The van der Waals surface area contributed by atoms with E-state index in [2.05, 4.69) is 17.4 Å². The van der Waals surface area contributed by atoms with Crippen LogP contribution in [0, 0.1) is 5.92 Å². The number of aryl methyl sites for hydroxylation is 1. The molecule has 1 unspecified atom stereocenters. The zero-order valence-corrected chi connectivity index (χ0v) is 15.9. The number of para-hydroxylation sites is 1. The van der Waals surface area contributed by atoms with Crippen LogP contribution in [0.15, 0.2) is 54.6 Å². The van der Waals surface area contributed by atoms with Gasteiger partial charge in [0.05, 0.1) is 24.3 Å². The van der Waals surface area contributed by atoms with Gasteiger partial charge in [0.2, 0.25) is 11.8 Å². The van der Waals surface area contributed by atoms with Gasteiger partial charge < -0.3 is 15.0 Å². The van der Waals surface area contributed by atoms with Crippen LogP contribution in [0.25, 0.3) is 0 Å². The van der Waals surface area contributed by atoms with Gasteiger partial charge in [0, 0.05) is 19.5 Å². The molecule has 6 nitrogen and oxygen atoms in total. The molecule has 0 spiro atoms. The van der Waals surface area contributed by atoms with Crippen LogP contribution in [0.1, 0.15) is 28.8 Å². The van der Waals surface area contributed by atoms with Crippen molar-refractivity contribution in [1.82, 2.24) is 4.90 Å². The topological polar surface area (TPSA) is 75.7 Å². The number of carbonyl (C=O) groups is 3. The van der Waals surface area contributed by atoms with Crippen molar-refractivity contribution in [3.8, 4) is 0 Å². The molecule has 0 aromatic heterocycles. The highest BCUT2D eigenvalue weighted by Gasteiger charge is 2.34. The summed E-state index contributed by atoms with van der Waals surface area (Å²) in [5, 5.41) is 2.77. The number of nitrogens with zero attached hydrogens (tertiary/aromatic N) is 1. The summed E-state index contributed by atoms with van der Waals surface area (Å²) in [6.45, 7) is 1.04. The fourth-order valence-corrected chi connectivity index (χ4v) is 3.40. The number of ether oxygens (including phenoxy) is 1. The van der Waals surface area contributed by atoms with E-state index < -0.39 is 11.9 Å². The molecule has 1 heterocycles. The first-order chi connectivity index (χ1) is 13.6. The number of hydrogen-bond donors (Lipinski definition) is 1. The van der Waals surface area contributed by atoms with Crippen LogP contribution in [-0.4, -0.2) is 42.9 Å². The zero-order valence-electron chi connectivity index (χ0n) is 15.9. The van der Waals surface area contributed by atoms with E-state index >= 15 is 0 Å². The fraction of sp³-hybridized carbons (Fsp3) is 0.318. The first-order valence-corrected chi connectivity index (χ1v) is 9.38. The van der Waals surface area contributed by atoms with E-state index in [-0.39, 0.29) is 18.2 Å². The summed E-state index contributed by atoms with van der Waals surface area (Å²) < 4.78 is 4.75. The summed E-state index contributed by atoms with van der Waals surface area (Å²) in [5.41, 5.74) is 1.93. The summed E-state index contributed by atoms with van der Waals surface area (Å²) >= 11 is 0. The SMILES string of the molecule is COC(=O)c1ccccc1NC(=O)C1CC(=O)N(CCCc2ccccc2)C1. The van der Waals surface area contributed by atoms with Crippen LogP contribution < -0.4 is 5.32 Å². The molecule has 28 heavy (non-hydrogen) atoms. The lowest BCUT2D eigenvalue weighted by atomic mass is 10.1. The maximum atomic E-state index is 12.6. The minimum atomic E-state index is -0.513. The van der Waals surface area contributed by atoms with Crippen LogP contribution in [-0.2, 0) is 20.7 Å². The Morgan fingerprint density at radius 3 is 2.57 bits per heavy atom. The number of rotatable bonds is 7. The number of hydrogen-bond acceptors (Lipinski definition) is 4. The van der Waals surface area contributed by atoms with Crippen molar-refractivity contribution < 1.29 is 19.1 Å². The van der Waals surface area contributed by atoms with E-state index in [1.165, 1.54) is 12.7 Å². The number of methoxy groups -OCH3 is 1. The number of carbonyl (C=O) groups excluding carboxylic acids is 3. The van der Waals surface area contributed by atoms with Crippen LogP contribution >= 0.6 is 0 Å². The first kappa shape index (κ1) is 19.6. The largest absolute Gasteiger partial charge is 0.465 e. The van der Waals surface area contributed by atoms with Gasteiger partial charge >= 0.3 is 5.97 Å². The van der Waals surface area contributed by atoms with Crippen LogP contribution in [0.2, 0.25) is 0 Å². The number of nitrogens with one attached hydrogen (secondary N) is 1. The van der Waals surface area contributed by atoms with Gasteiger partial charge in [-0.05, 0) is 30.5 Å². The van der Waals surface area contributed by atoms with Gasteiger partial charge in [-0.25, -0.2) is 4.79 Å². The standard InChI is InChI=1S/C22H24N2O4/c1-28-22(27)18-11-5-6-12-19(18)23-21(26)17-14-20(25)24(15-17)13-7-10-16-8-3-2-4-9-16/h2-6,8-9,11-12,17H,7,10,13-15H2,1H3,(H,23,26). The predicted molar refractivity (Wildman–Crippen MR) is 106 cm³/mol. The molecule has 1 aliphatic rings. The minimum Gasteiger partial charge on any atom is -0.465 e. The molecule has 0 radical (unpaired) electrons. The molecule has 146 valence electrons. The molecular weight excluding hydrogens is 356 g/mol. The normalized spacial score (nSPS) is 16.1. The Hall–Kier alpha value is -3.15. The third-order valence-electron chi connectivity index (χ3n) is 4.91. The second-order valence-corrected chi connectivity index (χ2v) is 6.86. The lowest BCUT2D eigenvalue weighted by Gasteiger charge is -2.17. The minimum absolute atomic E-state index is 0.00513. The van der Waals surface area contributed by atoms with E-state index in [1.807, 2.05) is 18.2 Å². The average molecular weight is 380 g/mol. The quantitative estimate of drug-likeness (QED) is 0.750. The smallest absolute Gasteiger partial charge is 0.339 e. The number of amides is 2. The Morgan fingerprint density at radius 2 is 1.82 bits per heavy atom. The Morgan fingerprint density at radius 1 is 1.11 bits per heavy atom. The molecule has 2 aromatic rings. The second-order valence-electron chi connectivity index (χ2n) is 6.86. The zero-order chi connectivity index (χ0) is 19.9. The van der Waals surface area contributed by atoms with E-state index in [0.717, 1.165) is 12.8 Å². The van der Waals surface area contributed by atoms with E-state index in [9.17, 15) is 14.4 Å². The molecule has 1 aliphatic heterocycles. The van der Waals surface area contributed by atoms with Gasteiger partial charge in [0.1, 0.15) is 0 Å².